The molecule has 0 amide bonds. The van der Waals surface area contributed by atoms with E-state index in [2.05, 4.69) is 24.4 Å². The topological polar surface area (TPSA) is 21.3 Å². The van der Waals surface area contributed by atoms with Crippen LogP contribution in [0, 0.1) is 0 Å². The molecule has 0 saturated heterocycles. The van der Waals surface area contributed by atoms with Gasteiger partial charge in [0, 0.05) is 0 Å². The Morgan fingerprint density at radius 1 is 1.14 bits per heavy atom. The zero-order valence-corrected chi connectivity index (χ0v) is 12.7. The Morgan fingerprint density at radius 3 is 2.33 bits per heavy atom. The molecule has 1 atom stereocenters. The molecule has 1 N–H and O–H groups in total. The number of likely N-dealkylation sites (N-methyl/N-ethyl adjacent to an activating group) is 1. The van der Waals surface area contributed by atoms with Crippen LogP contribution in [-0.4, -0.2) is 25.9 Å². The van der Waals surface area contributed by atoms with Crippen molar-refractivity contribution < 1.29 is 17.9 Å². The summed E-state index contributed by atoms with van der Waals surface area (Å²) in [5.74, 6) is 0. The molecule has 0 aliphatic heterocycles. The number of aryl methyl sites for hydroxylation is 1. The van der Waals surface area contributed by atoms with E-state index in [4.69, 9.17) is 4.74 Å². The molecule has 1 rings (SSSR count). The van der Waals surface area contributed by atoms with E-state index in [1.54, 1.807) is 0 Å². The van der Waals surface area contributed by atoms with Crippen LogP contribution in [0.4, 0.5) is 13.2 Å². The monoisotopic (exact) mass is 303 g/mol. The SMILES string of the molecule is CCCc1ccc(C(COCCC(F)(F)F)NCC)cc1. The molecule has 1 unspecified atom stereocenters. The number of rotatable bonds is 9. The Hall–Kier alpha value is -1.07. The fourth-order valence-corrected chi connectivity index (χ4v) is 2.11. The van der Waals surface area contributed by atoms with E-state index in [0.717, 1.165) is 24.9 Å². The standard InChI is InChI=1S/C16H24F3NO/c1-3-5-13-6-8-14(9-7-13)15(20-4-2)12-21-11-10-16(17,18)19/h6-9,15,20H,3-5,10-12H2,1-2H3. The molecule has 1 aromatic carbocycles. The van der Waals surface area contributed by atoms with Crippen molar-refractivity contribution in [2.45, 2.75) is 45.3 Å². The summed E-state index contributed by atoms with van der Waals surface area (Å²) in [7, 11) is 0. The first kappa shape index (κ1) is 18.0. The summed E-state index contributed by atoms with van der Waals surface area (Å²) in [5, 5.41) is 3.24. The maximum atomic E-state index is 12.1. The molecule has 0 spiro atoms. The van der Waals surface area contributed by atoms with Crippen LogP contribution < -0.4 is 5.32 Å². The number of benzene rings is 1. The summed E-state index contributed by atoms with van der Waals surface area (Å²) >= 11 is 0. The van der Waals surface area contributed by atoms with E-state index >= 15 is 0 Å². The van der Waals surface area contributed by atoms with Gasteiger partial charge in [0.05, 0.1) is 25.7 Å². The lowest BCUT2D eigenvalue weighted by Gasteiger charge is -2.19. The first-order valence-corrected chi connectivity index (χ1v) is 7.43. The maximum Gasteiger partial charge on any atom is 0.391 e. The fourth-order valence-electron chi connectivity index (χ4n) is 2.11. The number of hydrogen-bond acceptors (Lipinski definition) is 2. The van der Waals surface area contributed by atoms with Crippen molar-refractivity contribution in [3.8, 4) is 0 Å². The van der Waals surface area contributed by atoms with Crippen LogP contribution in [0.2, 0.25) is 0 Å². The Kier molecular flexibility index (Phi) is 7.75. The molecule has 1 aromatic rings. The van der Waals surface area contributed by atoms with Crippen molar-refractivity contribution in [3.05, 3.63) is 35.4 Å². The Morgan fingerprint density at radius 2 is 1.81 bits per heavy atom. The van der Waals surface area contributed by atoms with Crippen LogP contribution >= 0.6 is 0 Å². The molecular formula is C16H24F3NO. The van der Waals surface area contributed by atoms with E-state index in [9.17, 15) is 13.2 Å². The van der Waals surface area contributed by atoms with Crippen molar-refractivity contribution in [1.29, 1.82) is 0 Å². The van der Waals surface area contributed by atoms with E-state index < -0.39 is 12.6 Å². The maximum absolute atomic E-state index is 12.1. The zero-order valence-electron chi connectivity index (χ0n) is 12.7. The molecule has 0 aromatic heterocycles. The van der Waals surface area contributed by atoms with Gasteiger partial charge in [-0.1, -0.05) is 44.5 Å². The van der Waals surface area contributed by atoms with Crippen molar-refractivity contribution in [1.82, 2.24) is 5.32 Å². The van der Waals surface area contributed by atoms with Gasteiger partial charge in [-0.3, -0.25) is 0 Å². The van der Waals surface area contributed by atoms with Gasteiger partial charge in [-0.25, -0.2) is 0 Å². The molecule has 0 heterocycles. The van der Waals surface area contributed by atoms with E-state index in [1.807, 2.05) is 19.1 Å². The first-order chi connectivity index (χ1) is 9.96. The minimum Gasteiger partial charge on any atom is -0.379 e. The van der Waals surface area contributed by atoms with Crippen molar-refractivity contribution in [2.75, 3.05) is 19.8 Å². The predicted molar refractivity (Wildman–Crippen MR) is 78.3 cm³/mol. The van der Waals surface area contributed by atoms with Crippen LogP contribution in [-0.2, 0) is 11.2 Å². The number of nitrogens with one attached hydrogen (secondary N) is 1. The van der Waals surface area contributed by atoms with Gasteiger partial charge in [0.1, 0.15) is 0 Å². The molecule has 21 heavy (non-hydrogen) atoms. The van der Waals surface area contributed by atoms with Gasteiger partial charge >= 0.3 is 6.18 Å². The largest absolute Gasteiger partial charge is 0.391 e. The molecule has 0 saturated carbocycles. The zero-order chi connectivity index (χ0) is 15.7. The molecular weight excluding hydrogens is 279 g/mol. The first-order valence-electron chi connectivity index (χ1n) is 7.43. The van der Waals surface area contributed by atoms with Crippen LogP contribution in [0.3, 0.4) is 0 Å². The van der Waals surface area contributed by atoms with Crippen molar-refractivity contribution in [2.24, 2.45) is 0 Å². The van der Waals surface area contributed by atoms with Gasteiger partial charge in [-0.15, -0.1) is 0 Å². The predicted octanol–water partition coefficient (Wildman–Crippen LogP) is 4.26. The Labute approximate surface area is 124 Å². The quantitative estimate of drug-likeness (QED) is 0.688. The van der Waals surface area contributed by atoms with Crippen LogP contribution in [0.15, 0.2) is 24.3 Å². The van der Waals surface area contributed by atoms with Crippen molar-refractivity contribution >= 4 is 0 Å². The molecule has 0 fully saturated rings. The second-order valence-corrected chi connectivity index (χ2v) is 5.04. The summed E-state index contributed by atoms with van der Waals surface area (Å²) in [6.07, 6.45) is -2.93. The van der Waals surface area contributed by atoms with Gasteiger partial charge in [0.25, 0.3) is 0 Å². The molecule has 120 valence electrons. The third kappa shape index (κ3) is 7.48. The van der Waals surface area contributed by atoms with Gasteiger partial charge < -0.3 is 10.1 Å². The highest BCUT2D eigenvalue weighted by molar-refractivity contribution is 5.25. The molecule has 5 heteroatoms. The Balaban J connectivity index is 2.51. The summed E-state index contributed by atoms with van der Waals surface area (Å²) in [4.78, 5) is 0. The van der Waals surface area contributed by atoms with Crippen LogP contribution in [0.25, 0.3) is 0 Å². The molecule has 0 aliphatic rings. The molecule has 0 aliphatic carbocycles. The van der Waals surface area contributed by atoms with Crippen LogP contribution in [0.5, 0.6) is 0 Å². The Bertz CT molecular complexity index is 390. The number of alkyl halides is 3. The minimum atomic E-state index is -4.16. The lowest BCUT2D eigenvalue weighted by molar-refractivity contribution is -0.145. The minimum absolute atomic E-state index is 0.0705. The van der Waals surface area contributed by atoms with E-state index in [1.165, 1.54) is 5.56 Å². The highest BCUT2D eigenvalue weighted by Gasteiger charge is 2.26. The number of ether oxygens (including phenoxy) is 1. The number of halogens is 3. The van der Waals surface area contributed by atoms with Gasteiger partial charge in [0.2, 0.25) is 0 Å². The van der Waals surface area contributed by atoms with Gasteiger partial charge in [0.15, 0.2) is 0 Å². The van der Waals surface area contributed by atoms with Gasteiger partial charge in [-0.2, -0.15) is 13.2 Å². The van der Waals surface area contributed by atoms with Crippen molar-refractivity contribution in [3.63, 3.8) is 0 Å². The van der Waals surface area contributed by atoms with Gasteiger partial charge in [-0.05, 0) is 24.1 Å². The summed E-state index contributed by atoms with van der Waals surface area (Å²) in [6.45, 7) is 4.79. The third-order valence-corrected chi connectivity index (χ3v) is 3.19. The molecule has 0 bridgehead atoms. The molecule has 0 radical (unpaired) electrons. The average molecular weight is 303 g/mol. The fraction of sp³-hybridized carbons (Fsp3) is 0.625. The average Bonchev–Trinajstić information content (AvgIpc) is 2.42. The van der Waals surface area contributed by atoms with E-state index in [-0.39, 0.29) is 19.3 Å². The smallest absolute Gasteiger partial charge is 0.379 e. The van der Waals surface area contributed by atoms with E-state index in [0.29, 0.717) is 0 Å². The van der Waals surface area contributed by atoms with Crippen LogP contribution in [0.1, 0.15) is 43.9 Å². The highest BCUT2D eigenvalue weighted by Crippen LogP contribution is 2.20. The lowest BCUT2D eigenvalue weighted by Crippen LogP contribution is -2.26. The second-order valence-electron chi connectivity index (χ2n) is 5.04. The number of hydrogen-bond donors (Lipinski definition) is 1. The lowest BCUT2D eigenvalue weighted by atomic mass is 10.0. The highest BCUT2D eigenvalue weighted by atomic mass is 19.4. The summed E-state index contributed by atoms with van der Waals surface area (Å²) in [5.41, 5.74) is 2.32. The molecule has 2 nitrogen and oxygen atoms in total. The summed E-state index contributed by atoms with van der Waals surface area (Å²) < 4.78 is 41.4. The third-order valence-electron chi connectivity index (χ3n) is 3.19. The summed E-state index contributed by atoms with van der Waals surface area (Å²) in [6, 6.07) is 8.10. The second kappa shape index (κ2) is 9.05. The normalized spacial score (nSPS) is 13.4.